The minimum Gasteiger partial charge on any atom is -0.494 e. The van der Waals surface area contributed by atoms with Crippen molar-refractivity contribution in [1.82, 2.24) is 4.98 Å². The number of aromatic nitrogens is 1. The summed E-state index contributed by atoms with van der Waals surface area (Å²) in [6.07, 6.45) is 3.88. The molecule has 0 spiro atoms. The fraction of sp³-hybridized carbons (Fsp3) is 0.412. The lowest BCUT2D eigenvalue weighted by molar-refractivity contribution is 0.0527. The Bertz CT molecular complexity index is 694. The van der Waals surface area contributed by atoms with Gasteiger partial charge in [0.25, 0.3) is 0 Å². The molecule has 116 valence electrons. The van der Waals surface area contributed by atoms with Gasteiger partial charge in [-0.05, 0) is 25.8 Å². The number of benzene rings is 1. The quantitative estimate of drug-likeness (QED) is 0.812. The van der Waals surface area contributed by atoms with E-state index in [1.807, 2.05) is 25.1 Å². The van der Waals surface area contributed by atoms with Crippen LogP contribution in [0, 0.1) is 0 Å². The van der Waals surface area contributed by atoms with E-state index in [1.165, 1.54) is 0 Å². The van der Waals surface area contributed by atoms with Gasteiger partial charge in [0.1, 0.15) is 16.8 Å². The van der Waals surface area contributed by atoms with Gasteiger partial charge in [0.15, 0.2) is 0 Å². The van der Waals surface area contributed by atoms with Gasteiger partial charge in [0.2, 0.25) is 0 Å². The van der Waals surface area contributed by atoms with E-state index in [0.717, 1.165) is 42.5 Å². The first kappa shape index (κ1) is 14.6. The molecule has 1 aliphatic heterocycles. The Morgan fingerprint density at radius 3 is 2.77 bits per heavy atom. The molecule has 1 aromatic heterocycles. The zero-order chi connectivity index (χ0) is 15.5. The number of fused-ring (bicyclic) bond motifs is 1. The van der Waals surface area contributed by atoms with Gasteiger partial charge >= 0.3 is 5.97 Å². The molecule has 0 amide bonds. The molecule has 22 heavy (non-hydrogen) atoms. The van der Waals surface area contributed by atoms with Crippen LogP contribution >= 0.6 is 0 Å². The maximum absolute atomic E-state index is 12.3. The van der Waals surface area contributed by atoms with Crippen molar-refractivity contribution in [2.24, 2.45) is 0 Å². The highest BCUT2D eigenvalue weighted by molar-refractivity contribution is 6.06. The van der Waals surface area contributed by atoms with Gasteiger partial charge in [-0.3, -0.25) is 4.98 Å². The van der Waals surface area contributed by atoms with Gasteiger partial charge in [0, 0.05) is 24.7 Å². The molecule has 0 aliphatic carbocycles. The lowest BCUT2D eigenvalue weighted by atomic mass is 10.1. The van der Waals surface area contributed by atoms with Gasteiger partial charge < -0.3 is 14.4 Å². The molecule has 3 rings (SSSR count). The van der Waals surface area contributed by atoms with Crippen molar-refractivity contribution in [3.05, 3.63) is 30.0 Å². The Morgan fingerprint density at radius 2 is 2.09 bits per heavy atom. The van der Waals surface area contributed by atoms with Crippen LogP contribution in [-0.4, -0.2) is 37.8 Å². The molecule has 1 aromatic carbocycles. The highest BCUT2D eigenvalue weighted by Crippen LogP contribution is 2.35. The summed E-state index contributed by atoms with van der Waals surface area (Å²) in [5, 5.41) is 0.937. The molecule has 1 aliphatic rings. The van der Waals surface area contributed by atoms with E-state index in [0.29, 0.717) is 17.9 Å². The van der Waals surface area contributed by atoms with Gasteiger partial charge in [-0.15, -0.1) is 0 Å². The highest BCUT2D eigenvalue weighted by Gasteiger charge is 2.24. The maximum atomic E-state index is 12.3. The Morgan fingerprint density at radius 1 is 1.32 bits per heavy atom. The average Bonchev–Trinajstić information content (AvgIpc) is 3.07. The summed E-state index contributed by atoms with van der Waals surface area (Å²) < 4.78 is 10.6. The highest BCUT2D eigenvalue weighted by atomic mass is 16.5. The monoisotopic (exact) mass is 300 g/mol. The first-order valence-corrected chi connectivity index (χ1v) is 7.64. The van der Waals surface area contributed by atoms with Crippen molar-refractivity contribution in [3.63, 3.8) is 0 Å². The van der Waals surface area contributed by atoms with Crippen LogP contribution in [-0.2, 0) is 4.74 Å². The summed E-state index contributed by atoms with van der Waals surface area (Å²) in [4.78, 5) is 19.0. The van der Waals surface area contributed by atoms with E-state index in [2.05, 4.69) is 9.88 Å². The second-order valence-electron chi connectivity index (χ2n) is 5.29. The maximum Gasteiger partial charge on any atom is 0.341 e. The number of hydrogen-bond acceptors (Lipinski definition) is 5. The van der Waals surface area contributed by atoms with E-state index in [-0.39, 0.29) is 5.97 Å². The molecular weight excluding hydrogens is 280 g/mol. The molecule has 0 unspecified atom stereocenters. The number of ether oxygens (including phenoxy) is 2. The van der Waals surface area contributed by atoms with Crippen molar-refractivity contribution in [3.8, 4) is 5.75 Å². The van der Waals surface area contributed by atoms with Crippen LogP contribution in [0.15, 0.2) is 24.4 Å². The minimum atomic E-state index is -0.318. The van der Waals surface area contributed by atoms with E-state index in [4.69, 9.17) is 9.47 Å². The van der Waals surface area contributed by atoms with Crippen molar-refractivity contribution >= 4 is 22.6 Å². The summed E-state index contributed by atoms with van der Waals surface area (Å²) in [6.45, 7) is 4.06. The number of anilines is 1. The standard InChI is InChI=1S/C17H20N2O3/c1-3-22-17(20)13-11-18-15-12(7-6-8-14(15)21-2)16(13)19-9-4-5-10-19/h6-8,11H,3-5,9-10H2,1-2H3. The SMILES string of the molecule is CCOC(=O)c1cnc2c(OC)cccc2c1N1CCCC1. The van der Waals surface area contributed by atoms with Gasteiger partial charge in [-0.1, -0.05) is 12.1 Å². The van der Waals surface area contributed by atoms with E-state index >= 15 is 0 Å². The number of carbonyl (C=O) groups is 1. The zero-order valence-corrected chi connectivity index (χ0v) is 13.0. The number of para-hydroxylation sites is 1. The Hall–Kier alpha value is -2.30. The average molecular weight is 300 g/mol. The molecule has 1 fully saturated rings. The normalized spacial score (nSPS) is 14.4. The Kier molecular flexibility index (Phi) is 4.13. The van der Waals surface area contributed by atoms with Crippen LogP contribution in [0.3, 0.4) is 0 Å². The second kappa shape index (κ2) is 6.22. The van der Waals surface area contributed by atoms with Crippen LogP contribution in [0.25, 0.3) is 10.9 Å². The third-order valence-corrected chi connectivity index (χ3v) is 3.97. The van der Waals surface area contributed by atoms with Crippen molar-refractivity contribution < 1.29 is 14.3 Å². The van der Waals surface area contributed by atoms with E-state index in [9.17, 15) is 4.79 Å². The van der Waals surface area contributed by atoms with Crippen molar-refractivity contribution in [2.45, 2.75) is 19.8 Å². The van der Waals surface area contributed by atoms with E-state index < -0.39 is 0 Å². The topological polar surface area (TPSA) is 51.7 Å². The molecule has 0 atom stereocenters. The van der Waals surface area contributed by atoms with Crippen molar-refractivity contribution in [2.75, 3.05) is 31.7 Å². The predicted molar refractivity (Wildman–Crippen MR) is 85.7 cm³/mol. The molecule has 5 nitrogen and oxygen atoms in total. The van der Waals surface area contributed by atoms with Gasteiger partial charge in [-0.25, -0.2) is 4.79 Å². The number of hydrogen-bond donors (Lipinski definition) is 0. The smallest absolute Gasteiger partial charge is 0.341 e. The molecule has 2 heterocycles. The summed E-state index contributed by atoms with van der Waals surface area (Å²) in [5.41, 5.74) is 2.23. The van der Waals surface area contributed by atoms with Gasteiger partial charge in [-0.2, -0.15) is 0 Å². The number of rotatable bonds is 4. The molecule has 0 N–H and O–H groups in total. The van der Waals surface area contributed by atoms with Crippen LogP contribution in [0.1, 0.15) is 30.1 Å². The lowest BCUT2D eigenvalue weighted by Gasteiger charge is -2.23. The van der Waals surface area contributed by atoms with Crippen molar-refractivity contribution in [1.29, 1.82) is 0 Å². The van der Waals surface area contributed by atoms with Crippen LogP contribution in [0.2, 0.25) is 0 Å². The summed E-state index contributed by atoms with van der Waals surface area (Å²) in [7, 11) is 1.63. The number of carbonyl (C=O) groups excluding carboxylic acids is 1. The first-order valence-electron chi connectivity index (χ1n) is 7.64. The summed E-state index contributed by atoms with van der Waals surface area (Å²) in [5.74, 6) is 0.398. The fourth-order valence-electron chi connectivity index (χ4n) is 2.99. The molecule has 1 saturated heterocycles. The molecule has 2 aromatic rings. The Labute approximate surface area is 129 Å². The summed E-state index contributed by atoms with van der Waals surface area (Å²) in [6, 6.07) is 5.80. The third-order valence-electron chi connectivity index (χ3n) is 3.97. The molecular formula is C17H20N2O3. The van der Waals surface area contributed by atoms with E-state index in [1.54, 1.807) is 13.3 Å². The fourth-order valence-corrected chi connectivity index (χ4v) is 2.99. The number of nitrogens with zero attached hydrogens (tertiary/aromatic N) is 2. The van der Waals surface area contributed by atoms with Gasteiger partial charge in [0.05, 0.1) is 19.4 Å². The largest absolute Gasteiger partial charge is 0.494 e. The van der Waals surface area contributed by atoms with Crippen LogP contribution < -0.4 is 9.64 Å². The molecule has 5 heteroatoms. The molecule has 0 radical (unpaired) electrons. The zero-order valence-electron chi connectivity index (χ0n) is 13.0. The minimum absolute atomic E-state index is 0.318. The van der Waals surface area contributed by atoms with Crippen LogP contribution in [0.4, 0.5) is 5.69 Å². The second-order valence-corrected chi connectivity index (χ2v) is 5.29. The van der Waals surface area contributed by atoms with Crippen LogP contribution in [0.5, 0.6) is 5.75 Å². The number of esters is 1. The number of methoxy groups -OCH3 is 1. The molecule has 0 bridgehead atoms. The first-order chi connectivity index (χ1) is 10.8. The predicted octanol–water partition coefficient (Wildman–Crippen LogP) is 3.02. The third kappa shape index (κ3) is 2.47. The molecule has 0 saturated carbocycles. The lowest BCUT2D eigenvalue weighted by Crippen LogP contribution is -2.22. The summed E-state index contributed by atoms with van der Waals surface area (Å²) >= 11 is 0. The Balaban J connectivity index is 2.22. The number of pyridine rings is 1.